The Bertz CT molecular complexity index is 953. The lowest BCUT2D eigenvalue weighted by Gasteiger charge is -2.22. The van der Waals surface area contributed by atoms with Crippen LogP contribution in [0.2, 0.25) is 0 Å². The van der Waals surface area contributed by atoms with Gasteiger partial charge in [-0.3, -0.25) is 4.79 Å². The number of rotatable bonds is 9. The van der Waals surface area contributed by atoms with Gasteiger partial charge in [0.1, 0.15) is 18.7 Å². The fraction of sp³-hybridized carbons (Fsp3) is 0.318. The molecule has 2 amide bonds. The Labute approximate surface area is 187 Å². The molecule has 0 aliphatic carbocycles. The van der Waals surface area contributed by atoms with Gasteiger partial charge in [0.05, 0.1) is 19.3 Å². The van der Waals surface area contributed by atoms with Gasteiger partial charge in [-0.25, -0.2) is 9.59 Å². The van der Waals surface area contributed by atoms with Crippen LogP contribution in [0.1, 0.15) is 16.7 Å². The van der Waals surface area contributed by atoms with Gasteiger partial charge in [0.15, 0.2) is 0 Å². The number of methoxy groups -OCH3 is 1. The second-order valence-electron chi connectivity index (χ2n) is 6.88. The largest absolute Gasteiger partial charge is 0.467 e. The predicted octanol–water partition coefficient (Wildman–Crippen LogP) is 2.19. The normalized spacial score (nSPS) is 12.9. The SMILES string of the molecule is COC(=O)[C@@H](Cc1ccccc1C(F)(F)F)NC(=O)[C@H](CO)NC(=O)OCc1ccccc1. The maximum atomic E-state index is 13.3. The van der Waals surface area contributed by atoms with Gasteiger partial charge < -0.3 is 25.2 Å². The van der Waals surface area contributed by atoms with Crippen LogP contribution >= 0.6 is 0 Å². The molecule has 0 saturated carbocycles. The second kappa shape index (κ2) is 11.9. The van der Waals surface area contributed by atoms with Crippen molar-refractivity contribution in [2.75, 3.05) is 13.7 Å². The summed E-state index contributed by atoms with van der Waals surface area (Å²) in [6.07, 6.45) is -6.20. The standard InChI is InChI=1S/C22H23F3N2O6/c1-32-20(30)17(11-15-9-5-6-10-16(15)22(23,24)25)26-19(29)18(12-28)27-21(31)33-13-14-7-3-2-4-8-14/h2-10,17-18,28H,11-13H2,1H3,(H,26,29)(H,27,31)/t17-,18+/m1/s1. The van der Waals surface area contributed by atoms with E-state index in [1.165, 1.54) is 18.2 Å². The zero-order valence-electron chi connectivity index (χ0n) is 17.6. The van der Waals surface area contributed by atoms with Gasteiger partial charge in [0, 0.05) is 6.42 Å². The molecule has 2 aromatic rings. The van der Waals surface area contributed by atoms with E-state index in [1.54, 1.807) is 30.3 Å². The number of aliphatic hydroxyl groups excluding tert-OH is 1. The van der Waals surface area contributed by atoms with Crippen molar-refractivity contribution < 1.29 is 42.1 Å². The first-order valence-electron chi connectivity index (χ1n) is 9.77. The minimum absolute atomic E-state index is 0.0918. The summed E-state index contributed by atoms with van der Waals surface area (Å²) in [5.74, 6) is -2.00. The number of hydrogen-bond acceptors (Lipinski definition) is 6. The zero-order valence-corrected chi connectivity index (χ0v) is 17.6. The molecule has 178 valence electrons. The monoisotopic (exact) mass is 468 g/mol. The van der Waals surface area contributed by atoms with Crippen molar-refractivity contribution >= 4 is 18.0 Å². The number of aliphatic hydroxyl groups is 1. The van der Waals surface area contributed by atoms with Gasteiger partial charge in [-0.15, -0.1) is 0 Å². The van der Waals surface area contributed by atoms with Crippen LogP contribution in [0.5, 0.6) is 0 Å². The van der Waals surface area contributed by atoms with Crippen molar-refractivity contribution in [2.45, 2.75) is 31.3 Å². The number of halogens is 3. The van der Waals surface area contributed by atoms with Crippen molar-refractivity contribution in [3.8, 4) is 0 Å². The molecule has 0 bridgehead atoms. The lowest BCUT2D eigenvalue weighted by molar-refractivity contribution is -0.146. The van der Waals surface area contributed by atoms with Crippen molar-refractivity contribution in [1.29, 1.82) is 0 Å². The number of benzene rings is 2. The number of hydrogen-bond donors (Lipinski definition) is 3. The predicted molar refractivity (Wildman–Crippen MR) is 110 cm³/mol. The summed E-state index contributed by atoms with van der Waals surface area (Å²) in [4.78, 5) is 36.6. The number of alkyl carbamates (subject to hydrolysis) is 1. The highest BCUT2D eigenvalue weighted by molar-refractivity contribution is 5.89. The molecule has 11 heteroatoms. The molecule has 0 aliphatic rings. The molecule has 0 heterocycles. The molecule has 3 N–H and O–H groups in total. The first-order valence-corrected chi connectivity index (χ1v) is 9.77. The van der Waals surface area contributed by atoms with Crippen molar-refractivity contribution in [3.05, 3.63) is 71.3 Å². The first-order chi connectivity index (χ1) is 15.7. The minimum Gasteiger partial charge on any atom is -0.467 e. The number of alkyl halides is 3. The first kappa shape index (κ1) is 25.7. The average molecular weight is 468 g/mol. The van der Waals surface area contributed by atoms with Crippen LogP contribution in [-0.2, 0) is 38.3 Å². The summed E-state index contributed by atoms with van der Waals surface area (Å²) in [7, 11) is 1.01. The van der Waals surface area contributed by atoms with Crippen LogP contribution in [0.25, 0.3) is 0 Å². The van der Waals surface area contributed by atoms with Gasteiger partial charge in [0.2, 0.25) is 5.91 Å². The Morgan fingerprint density at radius 2 is 1.61 bits per heavy atom. The van der Waals surface area contributed by atoms with E-state index in [0.29, 0.717) is 5.56 Å². The van der Waals surface area contributed by atoms with Crippen LogP contribution in [0.15, 0.2) is 54.6 Å². The number of ether oxygens (including phenoxy) is 2. The van der Waals surface area contributed by atoms with Crippen LogP contribution in [0.3, 0.4) is 0 Å². The molecular weight excluding hydrogens is 445 g/mol. The van der Waals surface area contributed by atoms with E-state index in [0.717, 1.165) is 13.2 Å². The third kappa shape index (κ3) is 7.79. The third-order valence-corrected chi connectivity index (χ3v) is 4.55. The van der Waals surface area contributed by atoms with Crippen LogP contribution in [0.4, 0.5) is 18.0 Å². The fourth-order valence-corrected chi connectivity index (χ4v) is 2.90. The number of esters is 1. The molecule has 0 saturated heterocycles. The summed E-state index contributed by atoms with van der Waals surface area (Å²) >= 11 is 0. The summed E-state index contributed by atoms with van der Waals surface area (Å²) < 4.78 is 49.4. The fourth-order valence-electron chi connectivity index (χ4n) is 2.90. The van der Waals surface area contributed by atoms with E-state index >= 15 is 0 Å². The molecule has 0 spiro atoms. The number of nitrogens with one attached hydrogen (secondary N) is 2. The molecule has 2 atom stereocenters. The van der Waals surface area contributed by atoms with Crippen LogP contribution in [0, 0.1) is 0 Å². The zero-order chi connectivity index (χ0) is 24.4. The molecule has 0 aromatic heterocycles. The number of amides is 2. The summed E-state index contributed by atoms with van der Waals surface area (Å²) in [6, 6.07) is 10.3. The molecule has 2 rings (SSSR count). The molecule has 0 radical (unpaired) electrons. The van der Waals surface area contributed by atoms with Gasteiger partial charge in [-0.2, -0.15) is 13.2 Å². The quantitative estimate of drug-likeness (QED) is 0.487. The summed E-state index contributed by atoms with van der Waals surface area (Å²) in [5.41, 5.74) is -0.516. The molecule has 0 aliphatic heterocycles. The Hall–Kier alpha value is -3.60. The lowest BCUT2D eigenvalue weighted by Crippen LogP contribution is -2.54. The molecule has 0 fully saturated rings. The maximum absolute atomic E-state index is 13.3. The van der Waals surface area contributed by atoms with Crippen molar-refractivity contribution in [2.24, 2.45) is 0 Å². The van der Waals surface area contributed by atoms with Crippen molar-refractivity contribution in [1.82, 2.24) is 10.6 Å². The van der Waals surface area contributed by atoms with Crippen LogP contribution < -0.4 is 10.6 Å². The molecule has 0 unspecified atom stereocenters. The number of carbonyl (C=O) groups excluding carboxylic acids is 3. The maximum Gasteiger partial charge on any atom is 0.416 e. The third-order valence-electron chi connectivity index (χ3n) is 4.55. The molecule has 2 aromatic carbocycles. The van der Waals surface area contributed by atoms with E-state index in [2.05, 4.69) is 15.4 Å². The summed E-state index contributed by atoms with van der Waals surface area (Å²) in [5, 5.41) is 13.8. The van der Waals surface area contributed by atoms with Gasteiger partial charge in [0.25, 0.3) is 0 Å². The topological polar surface area (TPSA) is 114 Å². The van der Waals surface area contributed by atoms with E-state index in [-0.39, 0.29) is 12.2 Å². The summed E-state index contributed by atoms with van der Waals surface area (Å²) in [6.45, 7) is -0.940. The van der Waals surface area contributed by atoms with E-state index in [9.17, 15) is 32.7 Å². The smallest absolute Gasteiger partial charge is 0.416 e. The van der Waals surface area contributed by atoms with E-state index < -0.39 is 54.8 Å². The molecule has 33 heavy (non-hydrogen) atoms. The minimum atomic E-state index is -4.67. The Morgan fingerprint density at radius 3 is 2.21 bits per heavy atom. The number of carbonyl (C=O) groups is 3. The highest BCUT2D eigenvalue weighted by Crippen LogP contribution is 2.32. The van der Waals surface area contributed by atoms with E-state index in [1.807, 2.05) is 0 Å². The second-order valence-corrected chi connectivity index (χ2v) is 6.88. The average Bonchev–Trinajstić information content (AvgIpc) is 2.80. The Kier molecular flexibility index (Phi) is 9.22. The Morgan fingerprint density at radius 1 is 0.970 bits per heavy atom. The Balaban J connectivity index is 2.06. The highest BCUT2D eigenvalue weighted by Gasteiger charge is 2.35. The molecule has 8 nitrogen and oxygen atoms in total. The van der Waals surface area contributed by atoms with E-state index in [4.69, 9.17) is 4.74 Å². The van der Waals surface area contributed by atoms with Crippen molar-refractivity contribution in [3.63, 3.8) is 0 Å². The lowest BCUT2D eigenvalue weighted by atomic mass is 9.99. The molecular formula is C22H23F3N2O6. The van der Waals surface area contributed by atoms with Gasteiger partial charge >= 0.3 is 18.2 Å². The van der Waals surface area contributed by atoms with Gasteiger partial charge in [-0.05, 0) is 17.2 Å². The highest BCUT2D eigenvalue weighted by atomic mass is 19.4. The van der Waals surface area contributed by atoms with Gasteiger partial charge in [-0.1, -0.05) is 48.5 Å². The van der Waals surface area contributed by atoms with Crippen LogP contribution in [-0.4, -0.2) is 48.9 Å².